The first-order valence-corrected chi connectivity index (χ1v) is 10.2. The number of aryl methyl sites for hydroxylation is 2. The molecule has 1 aliphatic rings. The van der Waals surface area contributed by atoms with Gasteiger partial charge in [0.15, 0.2) is 0 Å². The van der Waals surface area contributed by atoms with Crippen molar-refractivity contribution in [3.8, 4) is 0 Å². The van der Waals surface area contributed by atoms with Crippen molar-refractivity contribution in [1.82, 2.24) is 4.31 Å². The molecule has 0 radical (unpaired) electrons. The zero-order valence-corrected chi connectivity index (χ0v) is 15.3. The van der Waals surface area contributed by atoms with Gasteiger partial charge in [-0.15, -0.1) is 11.3 Å². The number of carbonyl (C=O) groups is 1. The number of benzene rings is 1. The summed E-state index contributed by atoms with van der Waals surface area (Å²) in [5, 5.41) is 4.41. The molecule has 1 saturated heterocycles. The Morgan fingerprint density at radius 3 is 2.58 bits per heavy atom. The lowest BCUT2D eigenvalue weighted by Crippen LogP contribution is -2.27. The molecule has 0 bridgehead atoms. The van der Waals surface area contributed by atoms with Gasteiger partial charge in [0.05, 0.1) is 9.77 Å². The average Bonchev–Trinajstić information content (AvgIpc) is 3.22. The maximum atomic E-state index is 12.5. The molecule has 2 heterocycles. The Balaban J connectivity index is 1.80. The molecule has 1 amide bonds. The minimum absolute atomic E-state index is 0.209. The lowest BCUT2D eigenvalue weighted by atomic mass is 10.1. The molecule has 0 unspecified atom stereocenters. The molecule has 2 aromatic rings. The van der Waals surface area contributed by atoms with Gasteiger partial charge >= 0.3 is 0 Å². The quantitative estimate of drug-likeness (QED) is 0.904. The fraction of sp³-hybridized carbons (Fsp3) is 0.353. The van der Waals surface area contributed by atoms with Gasteiger partial charge in [0.25, 0.3) is 5.91 Å². The number of hydrogen-bond donors (Lipinski definition) is 1. The molecule has 0 spiro atoms. The first-order chi connectivity index (χ1) is 11.4. The van der Waals surface area contributed by atoms with E-state index in [9.17, 15) is 13.2 Å². The first kappa shape index (κ1) is 17.1. The van der Waals surface area contributed by atoms with E-state index in [-0.39, 0.29) is 10.8 Å². The highest BCUT2D eigenvalue weighted by Gasteiger charge is 2.28. The van der Waals surface area contributed by atoms with Gasteiger partial charge in [-0.25, -0.2) is 8.42 Å². The van der Waals surface area contributed by atoms with Crippen LogP contribution in [-0.2, 0) is 10.0 Å². The molecule has 3 rings (SSSR count). The number of rotatable bonds is 4. The van der Waals surface area contributed by atoms with Gasteiger partial charge < -0.3 is 5.32 Å². The van der Waals surface area contributed by atoms with Gasteiger partial charge in [0.2, 0.25) is 10.0 Å². The molecule has 0 saturated carbocycles. The van der Waals surface area contributed by atoms with Gasteiger partial charge in [-0.1, -0.05) is 12.1 Å². The second-order valence-corrected chi connectivity index (χ2v) is 8.88. The van der Waals surface area contributed by atoms with Crippen molar-refractivity contribution >= 4 is 33.0 Å². The third-order valence-corrected chi connectivity index (χ3v) is 7.10. The highest BCUT2D eigenvalue weighted by Crippen LogP contribution is 2.26. The molecule has 1 N–H and O–H groups in total. The van der Waals surface area contributed by atoms with E-state index in [4.69, 9.17) is 0 Å². The van der Waals surface area contributed by atoms with Crippen LogP contribution in [0, 0.1) is 13.8 Å². The number of amides is 1. The molecule has 128 valence electrons. The molecule has 5 nitrogen and oxygen atoms in total. The maximum absolute atomic E-state index is 12.5. The largest absolute Gasteiger partial charge is 0.321 e. The second kappa shape index (κ2) is 6.66. The lowest BCUT2D eigenvalue weighted by Gasteiger charge is -2.13. The molecule has 1 aliphatic heterocycles. The van der Waals surface area contributed by atoms with E-state index < -0.39 is 10.0 Å². The summed E-state index contributed by atoms with van der Waals surface area (Å²) in [5.41, 5.74) is 2.77. The number of thiophene rings is 1. The summed E-state index contributed by atoms with van der Waals surface area (Å²) in [6.45, 7) is 5.00. The van der Waals surface area contributed by atoms with Crippen LogP contribution in [0.25, 0.3) is 0 Å². The van der Waals surface area contributed by atoms with Gasteiger partial charge in [-0.3, -0.25) is 4.79 Å². The van der Waals surface area contributed by atoms with Crippen molar-refractivity contribution in [2.45, 2.75) is 31.6 Å². The van der Waals surface area contributed by atoms with E-state index in [1.807, 2.05) is 32.0 Å². The second-order valence-electron chi connectivity index (χ2n) is 6.03. The van der Waals surface area contributed by atoms with E-state index in [0.717, 1.165) is 41.0 Å². The van der Waals surface area contributed by atoms with E-state index in [1.54, 1.807) is 5.38 Å². The normalized spacial score (nSPS) is 15.6. The van der Waals surface area contributed by atoms with Crippen molar-refractivity contribution in [2.24, 2.45) is 0 Å². The van der Waals surface area contributed by atoms with Crippen molar-refractivity contribution in [2.75, 3.05) is 18.4 Å². The molecule has 1 fully saturated rings. The predicted octanol–water partition coefficient (Wildman–Crippen LogP) is 3.40. The minimum Gasteiger partial charge on any atom is -0.321 e. The SMILES string of the molecule is Cc1ccc(C)c(NC(=O)c2cc(S(=O)(=O)N3CCCC3)cs2)c1. The molecule has 24 heavy (non-hydrogen) atoms. The lowest BCUT2D eigenvalue weighted by molar-refractivity contribution is 0.103. The Morgan fingerprint density at radius 1 is 1.17 bits per heavy atom. The van der Waals surface area contributed by atoms with Crippen molar-refractivity contribution in [1.29, 1.82) is 0 Å². The number of carbonyl (C=O) groups excluding carboxylic acids is 1. The smallest absolute Gasteiger partial charge is 0.265 e. The molecule has 1 aromatic heterocycles. The van der Waals surface area contributed by atoms with Gasteiger partial charge in [0.1, 0.15) is 0 Å². The van der Waals surface area contributed by atoms with Crippen LogP contribution in [0.3, 0.4) is 0 Å². The third-order valence-electron chi connectivity index (χ3n) is 4.14. The highest BCUT2D eigenvalue weighted by atomic mass is 32.2. The average molecular weight is 364 g/mol. The fourth-order valence-electron chi connectivity index (χ4n) is 2.71. The third kappa shape index (κ3) is 3.38. The zero-order valence-electron chi connectivity index (χ0n) is 13.7. The Morgan fingerprint density at radius 2 is 1.88 bits per heavy atom. The minimum atomic E-state index is -3.48. The maximum Gasteiger partial charge on any atom is 0.265 e. The summed E-state index contributed by atoms with van der Waals surface area (Å²) >= 11 is 1.15. The van der Waals surface area contributed by atoms with Crippen LogP contribution in [0.2, 0.25) is 0 Å². The number of hydrogen-bond acceptors (Lipinski definition) is 4. The number of nitrogens with zero attached hydrogens (tertiary/aromatic N) is 1. The summed E-state index contributed by atoms with van der Waals surface area (Å²) in [6.07, 6.45) is 1.78. The Labute approximate surface area is 146 Å². The molecule has 7 heteroatoms. The Kier molecular flexibility index (Phi) is 4.76. The standard InChI is InChI=1S/C17H20N2O3S2/c1-12-5-6-13(2)15(9-12)18-17(20)16-10-14(11-23-16)24(21,22)19-7-3-4-8-19/h5-6,9-11H,3-4,7-8H2,1-2H3,(H,18,20). The highest BCUT2D eigenvalue weighted by molar-refractivity contribution is 7.89. The number of nitrogens with one attached hydrogen (secondary N) is 1. The van der Waals surface area contributed by atoms with Gasteiger partial charge in [-0.2, -0.15) is 4.31 Å². The Hall–Kier alpha value is -1.70. The summed E-state index contributed by atoms with van der Waals surface area (Å²) in [7, 11) is -3.48. The summed E-state index contributed by atoms with van der Waals surface area (Å²) in [4.78, 5) is 13.0. The molecular weight excluding hydrogens is 344 g/mol. The number of anilines is 1. The Bertz CT molecular complexity index is 866. The summed E-state index contributed by atoms with van der Waals surface area (Å²) < 4.78 is 26.5. The molecule has 0 aliphatic carbocycles. The molecule has 0 atom stereocenters. The van der Waals surface area contributed by atoms with Gasteiger partial charge in [-0.05, 0) is 49.9 Å². The van der Waals surface area contributed by atoms with E-state index in [0.29, 0.717) is 18.0 Å². The van der Waals surface area contributed by atoms with E-state index in [1.165, 1.54) is 10.4 Å². The first-order valence-electron chi connectivity index (χ1n) is 7.85. The van der Waals surface area contributed by atoms with Crippen molar-refractivity contribution in [3.05, 3.63) is 45.6 Å². The van der Waals surface area contributed by atoms with Crippen LogP contribution >= 0.6 is 11.3 Å². The van der Waals surface area contributed by atoms with Crippen LogP contribution in [0.15, 0.2) is 34.5 Å². The monoisotopic (exact) mass is 364 g/mol. The van der Waals surface area contributed by atoms with Crippen LogP contribution in [0.4, 0.5) is 5.69 Å². The van der Waals surface area contributed by atoms with Crippen LogP contribution in [-0.4, -0.2) is 31.7 Å². The topological polar surface area (TPSA) is 66.5 Å². The zero-order chi connectivity index (χ0) is 17.3. The molecule has 1 aromatic carbocycles. The summed E-state index contributed by atoms with van der Waals surface area (Å²) in [5.74, 6) is -0.281. The number of sulfonamides is 1. The predicted molar refractivity (Wildman–Crippen MR) is 96.2 cm³/mol. The van der Waals surface area contributed by atoms with Gasteiger partial charge in [0, 0.05) is 24.2 Å². The van der Waals surface area contributed by atoms with Crippen LogP contribution < -0.4 is 5.32 Å². The van der Waals surface area contributed by atoms with E-state index >= 15 is 0 Å². The van der Waals surface area contributed by atoms with Crippen molar-refractivity contribution in [3.63, 3.8) is 0 Å². The van der Waals surface area contributed by atoms with Crippen molar-refractivity contribution < 1.29 is 13.2 Å². The van der Waals surface area contributed by atoms with Crippen LogP contribution in [0.1, 0.15) is 33.6 Å². The fourth-order valence-corrected chi connectivity index (χ4v) is 5.38. The summed E-state index contributed by atoms with van der Waals surface area (Å²) in [6, 6.07) is 7.31. The molecular formula is C17H20N2O3S2. The van der Waals surface area contributed by atoms with E-state index in [2.05, 4.69) is 5.32 Å². The van der Waals surface area contributed by atoms with Crippen LogP contribution in [0.5, 0.6) is 0 Å².